The van der Waals surface area contributed by atoms with Crippen LogP contribution in [0.25, 0.3) is 0 Å². The Labute approximate surface area is 176 Å². The first-order chi connectivity index (χ1) is 14.7. The maximum absolute atomic E-state index is 12.8. The van der Waals surface area contributed by atoms with Crippen LogP contribution in [0.15, 0.2) is 71.1 Å². The number of quaternary nitrogens is 1. The number of nitrogens with zero attached hydrogens (tertiary/aromatic N) is 1. The highest BCUT2D eigenvalue weighted by atomic mass is 16.5. The number of carbonyl (C=O) groups is 1. The lowest BCUT2D eigenvalue weighted by atomic mass is 10.2. The predicted octanol–water partition coefficient (Wildman–Crippen LogP) is 2.41. The highest BCUT2D eigenvalue weighted by molar-refractivity contribution is 5.91. The van der Waals surface area contributed by atoms with E-state index in [0.29, 0.717) is 18.1 Å². The van der Waals surface area contributed by atoms with Crippen molar-refractivity contribution in [1.29, 1.82) is 0 Å². The Morgan fingerprint density at radius 2 is 1.70 bits per heavy atom. The molecule has 1 fully saturated rings. The average molecular weight is 407 g/mol. The molecule has 1 aliphatic rings. The molecule has 4 rings (SSSR count). The first-order valence-corrected chi connectivity index (χ1v) is 10.2. The molecule has 156 valence electrons. The second-order valence-corrected chi connectivity index (χ2v) is 7.43. The number of nitrogens with one attached hydrogen (secondary N) is 1. The molecule has 6 nitrogen and oxygen atoms in total. The summed E-state index contributed by atoms with van der Waals surface area (Å²) >= 11 is 0. The van der Waals surface area contributed by atoms with Crippen LogP contribution in [-0.4, -0.2) is 44.1 Å². The molecule has 0 unspecified atom stereocenters. The van der Waals surface area contributed by atoms with Gasteiger partial charge in [0.2, 0.25) is 0 Å². The summed E-state index contributed by atoms with van der Waals surface area (Å²) in [5.41, 5.74) is 1.28. The maximum atomic E-state index is 12.8. The number of furan rings is 1. The van der Waals surface area contributed by atoms with Crippen LogP contribution in [0, 0.1) is 0 Å². The third kappa shape index (κ3) is 5.02. The molecular weight excluding hydrogens is 380 g/mol. The summed E-state index contributed by atoms with van der Waals surface area (Å²) in [5, 5.41) is 0. The van der Waals surface area contributed by atoms with Gasteiger partial charge in [-0.2, -0.15) is 0 Å². The summed E-state index contributed by atoms with van der Waals surface area (Å²) in [4.78, 5) is 16.1. The summed E-state index contributed by atoms with van der Waals surface area (Å²) in [6.45, 7) is 4.54. The first kappa shape index (κ1) is 20.0. The van der Waals surface area contributed by atoms with Gasteiger partial charge in [-0.3, -0.25) is 4.79 Å². The van der Waals surface area contributed by atoms with Crippen LogP contribution in [-0.2, 0) is 13.2 Å². The lowest BCUT2D eigenvalue weighted by molar-refractivity contribution is -0.917. The fraction of sp³-hybridized carbons (Fsp3) is 0.292. The van der Waals surface area contributed by atoms with Gasteiger partial charge in [-0.1, -0.05) is 18.2 Å². The van der Waals surface area contributed by atoms with E-state index < -0.39 is 0 Å². The van der Waals surface area contributed by atoms with Crippen LogP contribution in [0.2, 0.25) is 0 Å². The number of methoxy groups -OCH3 is 1. The van der Waals surface area contributed by atoms with Gasteiger partial charge in [0.05, 0.1) is 33.3 Å². The number of hydrogen-bond acceptors (Lipinski definition) is 4. The lowest BCUT2D eigenvalue weighted by Gasteiger charge is -2.31. The minimum Gasteiger partial charge on any atom is -0.497 e. The van der Waals surface area contributed by atoms with Crippen LogP contribution < -0.4 is 14.4 Å². The zero-order valence-corrected chi connectivity index (χ0v) is 17.2. The molecule has 0 spiro atoms. The van der Waals surface area contributed by atoms with Crippen LogP contribution >= 0.6 is 0 Å². The zero-order valence-electron chi connectivity index (χ0n) is 17.2. The molecule has 0 atom stereocenters. The van der Waals surface area contributed by atoms with Crippen LogP contribution in [0.1, 0.15) is 21.9 Å². The fourth-order valence-corrected chi connectivity index (χ4v) is 3.63. The van der Waals surface area contributed by atoms with Gasteiger partial charge in [0.15, 0.2) is 5.76 Å². The predicted molar refractivity (Wildman–Crippen MR) is 113 cm³/mol. The van der Waals surface area contributed by atoms with Crippen molar-refractivity contribution in [3.63, 3.8) is 0 Å². The van der Waals surface area contributed by atoms with E-state index in [1.807, 2.05) is 47.4 Å². The van der Waals surface area contributed by atoms with Gasteiger partial charge >= 0.3 is 0 Å². The molecule has 3 aromatic rings. The normalized spacial score (nSPS) is 14.5. The number of para-hydroxylation sites is 1. The molecule has 1 aliphatic heterocycles. The minimum atomic E-state index is -0.0514. The monoisotopic (exact) mass is 407 g/mol. The van der Waals surface area contributed by atoms with Crippen molar-refractivity contribution in [1.82, 2.24) is 4.90 Å². The highest BCUT2D eigenvalue weighted by Crippen LogP contribution is 2.15. The van der Waals surface area contributed by atoms with Gasteiger partial charge < -0.3 is 23.7 Å². The van der Waals surface area contributed by atoms with Crippen molar-refractivity contribution in [3.05, 3.63) is 83.8 Å². The van der Waals surface area contributed by atoms with E-state index in [-0.39, 0.29) is 5.91 Å². The van der Waals surface area contributed by atoms with Gasteiger partial charge in [0.25, 0.3) is 5.91 Å². The largest absolute Gasteiger partial charge is 0.497 e. The van der Waals surface area contributed by atoms with Gasteiger partial charge in [-0.05, 0) is 48.5 Å². The zero-order chi connectivity index (χ0) is 20.8. The van der Waals surface area contributed by atoms with E-state index in [9.17, 15) is 4.79 Å². The van der Waals surface area contributed by atoms with Crippen molar-refractivity contribution < 1.29 is 23.6 Å². The number of carbonyl (C=O) groups excluding carboxylic acids is 1. The van der Waals surface area contributed by atoms with Crippen LogP contribution in [0.3, 0.4) is 0 Å². The quantitative estimate of drug-likeness (QED) is 0.654. The third-order valence-corrected chi connectivity index (χ3v) is 5.37. The molecule has 30 heavy (non-hydrogen) atoms. The molecule has 2 heterocycles. The Hall–Kier alpha value is -3.25. The molecule has 0 saturated carbocycles. The standard InChI is InChI=1S/C24H26N2O4/c1-28-20-9-7-19(8-10-20)17-25-13-15-26(16-14-25)24(27)23-12-11-22(30-23)18-29-21-5-3-2-4-6-21/h2-12H,13-18H2,1H3/p+1. The molecule has 0 aliphatic carbocycles. The third-order valence-electron chi connectivity index (χ3n) is 5.37. The van der Waals surface area contributed by atoms with Crippen LogP contribution in [0.4, 0.5) is 0 Å². The fourth-order valence-electron chi connectivity index (χ4n) is 3.63. The SMILES string of the molecule is COc1ccc(C[NH+]2CCN(C(=O)c3ccc(COc4ccccc4)o3)CC2)cc1. The first-order valence-electron chi connectivity index (χ1n) is 10.2. The Bertz CT molecular complexity index is 945. The molecule has 2 aromatic carbocycles. The van der Waals surface area contributed by atoms with Gasteiger partial charge in [0, 0.05) is 5.56 Å². The van der Waals surface area contributed by atoms with E-state index in [2.05, 4.69) is 12.1 Å². The van der Waals surface area contributed by atoms with Crippen molar-refractivity contribution in [2.75, 3.05) is 33.3 Å². The Morgan fingerprint density at radius 1 is 0.967 bits per heavy atom. The summed E-state index contributed by atoms with van der Waals surface area (Å²) in [6, 6.07) is 21.3. The number of piperazine rings is 1. The minimum absolute atomic E-state index is 0.0514. The topological polar surface area (TPSA) is 56.4 Å². The van der Waals surface area contributed by atoms with E-state index in [0.717, 1.165) is 44.2 Å². The summed E-state index contributed by atoms with van der Waals surface area (Å²) < 4.78 is 16.6. The number of rotatable bonds is 7. The van der Waals surface area contributed by atoms with Crippen LogP contribution in [0.5, 0.6) is 11.5 Å². The van der Waals surface area contributed by atoms with Crippen molar-refractivity contribution in [3.8, 4) is 11.5 Å². The second kappa shape index (κ2) is 9.50. The van der Waals surface area contributed by atoms with Crippen molar-refractivity contribution >= 4 is 5.91 Å². The van der Waals surface area contributed by atoms with Crippen molar-refractivity contribution in [2.24, 2.45) is 0 Å². The summed E-state index contributed by atoms with van der Waals surface area (Å²) in [7, 11) is 1.68. The highest BCUT2D eigenvalue weighted by Gasteiger charge is 2.26. The van der Waals surface area contributed by atoms with Gasteiger partial charge in [-0.15, -0.1) is 0 Å². The molecule has 6 heteroatoms. The number of ether oxygens (including phenoxy) is 2. The molecule has 0 bridgehead atoms. The Balaban J connectivity index is 1.26. The van der Waals surface area contributed by atoms with Gasteiger partial charge in [0.1, 0.15) is 30.4 Å². The lowest BCUT2D eigenvalue weighted by Crippen LogP contribution is -3.13. The van der Waals surface area contributed by atoms with E-state index in [1.54, 1.807) is 19.2 Å². The van der Waals surface area contributed by atoms with Crippen molar-refractivity contribution in [2.45, 2.75) is 13.2 Å². The molecule has 1 saturated heterocycles. The molecule has 1 N–H and O–H groups in total. The number of hydrogen-bond donors (Lipinski definition) is 1. The Kier molecular flexibility index (Phi) is 6.35. The summed E-state index contributed by atoms with van der Waals surface area (Å²) in [6.07, 6.45) is 0. The average Bonchev–Trinajstić information content (AvgIpc) is 3.28. The Morgan fingerprint density at radius 3 is 2.40 bits per heavy atom. The van der Waals surface area contributed by atoms with Gasteiger partial charge in [-0.25, -0.2) is 0 Å². The molecular formula is C24H27N2O4+. The summed E-state index contributed by atoms with van der Waals surface area (Å²) in [5.74, 6) is 2.62. The smallest absolute Gasteiger partial charge is 0.289 e. The molecule has 0 radical (unpaired) electrons. The second-order valence-electron chi connectivity index (χ2n) is 7.43. The molecule has 1 aromatic heterocycles. The number of benzene rings is 2. The number of amides is 1. The van der Waals surface area contributed by atoms with E-state index in [1.165, 1.54) is 10.5 Å². The molecule has 1 amide bonds. The van der Waals surface area contributed by atoms with E-state index >= 15 is 0 Å². The van der Waals surface area contributed by atoms with E-state index in [4.69, 9.17) is 13.9 Å². The maximum Gasteiger partial charge on any atom is 0.289 e.